The number of anilines is 1. The predicted molar refractivity (Wildman–Crippen MR) is 93.9 cm³/mol. The van der Waals surface area contributed by atoms with Crippen LogP contribution in [-0.4, -0.2) is 34.0 Å². The number of pyridine rings is 1. The number of ether oxygens (including phenoxy) is 1. The third-order valence-electron chi connectivity index (χ3n) is 5.57. The molecule has 1 unspecified atom stereocenters. The molecule has 5 heteroatoms. The fraction of sp³-hybridized carbons (Fsp3) is 0.579. The molecule has 0 radical (unpaired) electrons. The van der Waals surface area contributed by atoms with Crippen molar-refractivity contribution in [2.75, 3.05) is 18.5 Å². The first kappa shape index (κ1) is 15.6. The molecule has 128 valence electrons. The van der Waals surface area contributed by atoms with E-state index in [0.29, 0.717) is 11.5 Å². The molecule has 2 aliphatic rings. The Bertz CT molecular complexity index is 640. The molecule has 0 aromatic carbocycles. The Kier molecular flexibility index (Phi) is 4.52. The van der Waals surface area contributed by atoms with Crippen LogP contribution in [0.4, 0.5) is 5.69 Å². The highest BCUT2D eigenvalue weighted by Crippen LogP contribution is 2.43. The van der Waals surface area contributed by atoms with Crippen molar-refractivity contribution in [1.29, 1.82) is 0 Å². The average molecular weight is 326 g/mol. The summed E-state index contributed by atoms with van der Waals surface area (Å²) in [7, 11) is 0. The summed E-state index contributed by atoms with van der Waals surface area (Å²) in [6, 6.07) is 4.55. The number of nitrogens with zero attached hydrogens (tertiary/aromatic N) is 3. The highest BCUT2D eigenvalue weighted by molar-refractivity contribution is 5.40. The van der Waals surface area contributed by atoms with Gasteiger partial charge in [0.05, 0.1) is 25.0 Å². The van der Waals surface area contributed by atoms with Gasteiger partial charge in [-0.05, 0) is 30.9 Å². The quantitative estimate of drug-likeness (QED) is 0.934. The van der Waals surface area contributed by atoms with E-state index in [2.05, 4.69) is 27.7 Å². The molecule has 4 rings (SSSR count). The Hall–Kier alpha value is -1.88. The van der Waals surface area contributed by atoms with Crippen LogP contribution >= 0.6 is 0 Å². The Labute approximate surface area is 143 Å². The molecule has 5 nitrogen and oxygen atoms in total. The minimum atomic E-state index is 0.321. The zero-order valence-electron chi connectivity index (χ0n) is 14.2. The van der Waals surface area contributed by atoms with Gasteiger partial charge in [0.25, 0.3) is 0 Å². The lowest BCUT2D eigenvalue weighted by molar-refractivity contribution is -0.0372. The van der Waals surface area contributed by atoms with E-state index >= 15 is 0 Å². The lowest BCUT2D eigenvalue weighted by atomic mass is 9.67. The van der Waals surface area contributed by atoms with Gasteiger partial charge in [0.1, 0.15) is 0 Å². The smallest absolute Gasteiger partial charge is 0.0729 e. The largest absolute Gasteiger partial charge is 0.381 e. The molecule has 2 aromatic rings. The highest BCUT2D eigenvalue weighted by atomic mass is 16.5. The maximum absolute atomic E-state index is 5.85. The molecule has 1 spiro atoms. The van der Waals surface area contributed by atoms with E-state index in [9.17, 15) is 0 Å². The summed E-state index contributed by atoms with van der Waals surface area (Å²) < 4.78 is 7.83. The van der Waals surface area contributed by atoms with Crippen LogP contribution in [0.5, 0.6) is 0 Å². The summed E-state index contributed by atoms with van der Waals surface area (Å²) in [5, 5.41) is 8.27. The van der Waals surface area contributed by atoms with E-state index < -0.39 is 0 Å². The third-order valence-corrected chi connectivity index (χ3v) is 5.57. The van der Waals surface area contributed by atoms with Crippen molar-refractivity contribution in [3.8, 4) is 0 Å². The van der Waals surface area contributed by atoms with E-state index in [1.54, 1.807) is 6.20 Å². The molecule has 1 aliphatic heterocycles. The fourth-order valence-corrected chi connectivity index (χ4v) is 4.26. The minimum Gasteiger partial charge on any atom is -0.381 e. The van der Waals surface area contributed by atoms with Crippen LogP contribution in [0.2, 0.25) is 0 Å². The molecule has 0 amide bonds. The summed E-state index contributed by atoms with van der Waals surface area (Å²) in [6.07, 6.45) is 15.5. The van der Waals surface area contributed by atoms with E-state index in [1.165, 1.54) is 37.7 Å². The summed E-state index contributed by atoms with van der Waals surface area (Å²) in [4.78, 5) is 4.17. The van der Waals surface area contributed by atoms with Gasteiger partial charge in [-0.15, -0.1) is 0 Å². The van der Waals surface area contributed by atoms with Crippen LogP contribution in [0.15, 0.2) is 36.9 Å². The average Bonchev–Trinajstić information content (AvgIpc) is 3.06. The normalized spacial score (nSPS) is 23.2. The Balaban J connectivity index is 1.44. The zero-order valence-corrected chi connectivity index (χ0v) is 14.2. The lowest BCUT2D eigenvalue weighted by Crippen LogP contribution is -2.49. The third kappa shape index (κ3) is 3.31. The van der Waals surface area contributed by atoms with Gasteiger partial charge in [0, 0.05) is 36.7 Å². The number of rotatable bonds is 4. The van der Waals surface area contributed by atoms with Crippen LogP contribution in [0.25, 0.3) is 0 Å². The van der Waals surface area contributed by atoms with Crippen LogP contribution in [0, 0.1) is 5.41 Å². The maximum atomic E-state index is 5.85. The van der Waals surface area contributed by atoms with Crippen LogP contribution in [-0.2, 0) is 11.3 Å². The second-order valence-electron chi connectivity index (χ2n) is 7.25. The van der Waals surface area contributed by atoms with Gasteiger partial charge in [0.2, 0.25) is 0 Å². The van der Waals surface area contributed by atoms with Crippen molar-refractivity contribution in [3.63, 3.8) is 0 Å². The SMILES string of the molecule is c1cncc(Cn2cc(NC3CCOCC34CCCCC4)cn2)c1. The maximum Gasteiger partial charge on any atom is 0.0729 e. The molecule has 2 aromatic heterocycles. The standard InChI is InChI=1S/C19H26N4O/c1-2-7-19(8-3-1)15-24-10-6-18(19)22-17-12-21-23(14-17)13-16-5-4-9-20-11-16/h4-5,9,11-12,14,18,22H,1-3,6-8,10,13,15H2. The van der Waals surface area contributed by atoms with E-state index in [1.807, 2.05) is 23.1 Å². The molecule has 1 atom stereocenters. The molecule has 0 bridgehead atoms. The summed E-state index contributed by atoms with van der Waals surface area (Å²) in [6.45, 7) is 2.53. The highest BCUT2D eigenvalue weighted by Gasteiger charge is 2.42. The second-order valence-corrected chi connectivity index (χ2v) is 7.25. The minimum absolute atomic E-state index is 0.321. The van der Waals surface area contributed by atoms with E-state index in [4.69, 9.17) is 4.74 Å². The molecule has 3 heterocycles. The van der Waals surface area contributed by atoms with Crippen molar-refractivity contribution in [2.24, 2.45) is 5.41 Å². The van der Waals surface area contributed by atoms with Crippen molar-refractivity contribution >= 4 is 5.69 Å². The van der Waals surface area contributed by atoms with Crippen molar-refractivity contribution < 1.29 is 4.74 Å². The van der Waals surface area contributed by atoms with Gasteiger partial charge < -0.3 is 10.1 Å². The second kappa shape index (κ2) is 6.93. The molecular formula is C19H26N4O. The van der Waals surface area contributed by atoms with Crippen molar-refractivity contribution in [2.45, 2.75) is 51.1 Å². The first-order valence-electron chi connectivity index (χ1n) is 9.10. The van der Waals surface area contributed by atoms with Gasteiger partial charge in [-0.3, -0.25) is 9.67 Å². The number of hydrogen-bond acceptors (Lipinski definition) is 4. The van der Waals surface area contributed by atoms with Gasteiger partial charge >= 0.3 is 0 Å². The first-order chi connectivity index (χ1) is 11.8. The monoisotopic (exact) mass is 326 g/mol. The number of nitrogens with one attached hydrogen (secondary N) is 1. The van der Waals surface area contributed by atoms with Gasteiger partial charge in [-0.2, -0.15) is 5.10 Å². The van der Waals surface area contributed by atoms with Crippen LogP contribution in [0.1, 0.15) is 44.1 Å². The molecule has 24 heavy (non-hydrogen) atoms. The zero-order chi connectivity index (χ0) is 16.2. The Morgan fingerprint density at radius 2 is 2.17 bits per heavy atom. The predicted octanol–water partition coefficient (Wildman–Crippen LogP) is 3.48. The van der Waals surface area contributed by atoms with E-state index in [0.717, 1.165) is 31.9 Å². The van der Waals surface area contributed by atoms with Crippen molar-refractivity contribution in [3.05, 3.63) is 42.5 Å². The first-order valence-corrected chi connectivity index (χ1v) is 9.10. The Morgan fingerprint density at radius 1 is 1.25 bits per heavy atom. The fourth-order valence-electron chi connectivity index (χ4n) is 4.26. The molecule has 1 aliphatic carbocycles. The molecular weight excluding hydrogens is 300 g/mol. The van der Waals surface area contributed by atoms with Crippen LogP contribution in [0.3, 0.4) is 0 Å². The topological polar surface area (TPSA) is 52.0 Å². The lowest BCUT2D eigenvalue weighted by Gasteiger charge is -2.46. The number of aromatic nitrogens is 3. The van der Waals surface area contributed by atoms with E-state index in [-0.39, 0.29) is 0 Å². The van der Waals surface area contributed by atoms with Gasteiger partial charge in [-0.25, -0.2) is 0 Å². The Morgan fingerprint density at radius 3 is 3.00 bits per heavy atom. The summed E-state index contributed by atoms with van der Waals surface area (Å²) >= 11 is 0. The summed E-state index contributed by atoms with van der Waals surface area (Å²) in [5.41, 5.74) is 2.61. The van der Waals surface area contributed by atoms with Crippen LogP contribution < -0.4 is 5.32 Å². The van der Waals surface area contributed by atoms with Gasteiger partial charge in [-0.1, -0.05) is 25.3 Å². The summed E-state index contributed by atoms with van der Waals surface area (Å²) in [5.74, 6) is 0. The number of hydrogen-bond donors (Lipinski definition) is 1. The molecule has 2 fully saturated rings. The molecule has 1 saturated heterocycles. The van der Waals surface area contributed by atoms with Crippen molar-refractivity contribution in [1.82, 2.24) is 14.8 Å². The molecule has 1 N–H and O–H groups in total. The molecule has 1 saturated carbocycles. The van der Waals surface area contributed by atoms with Gasteiger partial charge in [0.15, 0.2) is 0 Å².